The Bertz CT molecular complexity index is 983. The van der Waals surface area contributed by atoms with E-state index in [2.05, 4.69) is 15.2 Å². The van der Waals surface area contributed by atoms with Gasteiger partial charge in [-0.15, -0.1) is 0 Å². The average molecular weight is 386 g/mol. The Labute approximate surface area is 161 Å². The first-order valence-electron chi connectivity index (χ1n) is 8.90. The summed E-state index contributed by atoms with van der Waals surface area (Å²) in [7, 11) is 2.03. The zero-order valence-electron chi connectivity index (χ0n) is 14.9. The van der Waals surface area contributed by atoms with Gasteiger partial charge in [0.25, 0.3) is 5.56 Å². The molecule has 27 heavy (non-hydrogen) atoms. The summed E-state index contributed by atoms with van der Waals surface area (Å²) >= 11 is 5.89. The molecule has 2 N–H and O–H groups in total. The van der Waals surface area contributed by atoms with Gasteiger partial charge in [0.1, 0.15) is 17.4 Å². The van der Waals surface area contributed by atoms with Crippen molar-refractivity contribution in [1.29, 1.82) is 0 Å². The molecule has 7 heteroatoms. The van der Waals surface area contributed by atoms with Crippen molar-refractivity contribution in [2.75, 3.05) is 25.1 Å². The molecule has 3 heterocycles. The Balaban J connectivity index is 1.80. The van der Waals surface area contributed by atoms with Crippen molar-refractivity contribution in [2.24, 2.45) is 0 Å². The number of rotatable bonds is 3. The first kappa shape index (κ1) is 17.7. The number of halogens is 1. The maximum Gasteiger partial charge on any atom is 0.267 e. The van der Waals surface area contributed by atoms with E-state index >= 15 is 0 Å². The molecule has 1 atom stereocenters. The molecule has 1 aromatic heterocycles. The van der Waals surface area contributed by atoms with Crippen LogP contribution in [-0.4, -0.2) is 37.1 Å². The number of carbonyl (C=O) groups excluding carboxylic acids is 1. The van der Waals surface area contributed by atoms with Crippen molar-refractivity contribution in [3.8, 4) is 5.75 Å². The van der Waals surface area contributed by atoms with E-state index in [4.69, 9.17) is 16.3 Å². The van der Waals surface area contributed by atoms with Gasteiger partial charge in [0.2, 0.25) is 5.91 Å². The predicted octanol–water partition coefficient (Wildman–Crippen LogP) is 2.57. The van der Waals surface area contributed by atoms with Crippen LogP contribution in [0.2, 0.25) is 5.02 Å². The quantitative estimate of drug-likeness (QED) is 0.851. The smallest absolute Gasteiger partial charge is 0.267 e. The van der Waals surface area contributed by atoms with Gasteiger partial charge < -0.3 is 19.9 Å². The molecule has 0 spiro atoms. The SMILES string of the molecule is CN1CCOc2cc(/C(=C/[C@H]3CCC(=O)N3)c3ccc(Cl)c(=O)[nH]3)ccc21. The first-order valence-corrected chi connectivity index (χ1v) is 9.28. The van der Waals surface area contributed by atoms with Crippen LogP contribution in [0.1, 0.15) is 24.1 Å². The van der Waals surface area contributed by atoms with Crippen LogP contribution in [0.5, 0.6) is 5.75 Å². The molecule has 1 fully saturated rings. The highest BCUT2D eigenvalue weighted by molar-refractivity contribution is 6.30. The number of carbonyl (C=O) groups is 1. The third-order valence-electron chi connectivity index (χ3n) is 4.91. The summed E-state index contributed by atoms with van der Waals surface area (Å²) in [5.74, 6) is 0.842. The molecule has 0 bridgehead atoms. The largest absolute Gasteiger partial charge is 0.490 e. The predicted molar refractivity (Wildman–Crippen MR) is 106 cm³/mol. The third-order valence-corrected chi connectivity index (χ3v) is 5.21. The van der Waals surface area contributed by atoms with Gasteiger partial charge in [0.15, 0.2) is 0 Å². The number of benzene rings is 1. The van der Waals surface area contributed by atoms with Crippen molar-refractivity contribution >= 4 is 28.8 Å². The van der Waals surface area contributed by atoms with Crippen molar-refractivity contribution < 1.29 is 9.53 Å². The van der Waals surface area contributed by atoms with Gasteiger partial charge >= 0.3 is 0 Å². The van der Waals surface area contributed by atoms with Crippen LogP contribution in [0.4, 0.5) is 5.69 Å². The lowest BCUT2D eigenvalue weighted by molar-refractivity contribution is -0.119. The van der Waals surface area contributed by atoms with E-state index < -0.39 is 0 Å². The Hall–Kier alpha value is -2.73. The molecule has 0 unspecified atom stereocenters. The highest BCUT2D eigenvalue weighted by Gasteiger charge is 2.22. The third kappa shape index (κ3) is 3.57. The van der Waals surface area contributed by atoms with Gasteiger partial charge in [0, 0.05) is 30.8 Å². The van der Waals surface area contributed by atoms with Gasteiger partial charge in [-0.3, -0.25) is 9.59 Å². The zero-order chi connectivity index (χ0) is 19.0. The molecule has 6 nitrogen and oxygen atoms in total. The normalized spacial score (nSPS) is 19.5. The van der Waals surface area contributed by atoms with Crippen molar-refractivity contribution in [3.63, 3.8) is 0 Å². The van der Waals surface area contributed by atoms with Crippen molar-refractivity contribution in [3.05, 3.63) is 63.0 Å². The molecule has 1 saturated heterocycles. The number of nitrogens with one attached hydrogen (secondary N) is 2. The van der Waals surface area contributed by atoms with Gasteiger partial charge in [0.05, 0.1) is 12.2 Å². The number of aromatic amines is 1. The molecule has 4 rings (SSSR count). The minimum atomic E-state index is -0.343. The second-order valence-electron chi connectivity index (χ2n) is 6.79. The van der Waals surface area contributed by atoms with Crippen LogP contribution in [0.15, 0.2) is 41.2 Å². The number of hydrogen-bond donors (Lipinski definition) is 2. The number of nitrogens with zero attached hydrogens (tertiary/aromatic N) is 1. The Morgan fingerprint density at radius 2 is 2.15 bits per heavy atom. The van der Waals surface area contributed by atoms with Crippen LogP contribution in [0.3, 0.4) is 0 Å². The van der Waals surface area contributed by atoms with Crippen LogP contribution >= 0.6 is 11.6 Å². The molecule has 0 saturated carbocycles. The van der Waals surface area contributed by atoms with E-state index in [9.17, 15) is 9.59 Å². The molecule has 1 amide bonds. The second kappa shape index (κ2) is 7.12. The van der Waals surface area contributed by atoms with E-state index in [1.165, 1.54) is 0 Å². The minimum Gasteiger partial charge on any atom is -0.490 e. The number of aromatic nitrogens is 1. The number of fused-ring (bicyclic) bond motifs is 1. The Morgan fingerprint density at radius 3 is 2.89 bits per heavy atom. The van der Waals surface area contributed by atoms with Gasteiger partial charge in [-0.25, -0.2) is 0 Å². The second-order valence-corrected chi connectivity index (χ2v) is 7.20. The zero-order valence-corrected chi connectivity index (χ0v) is 15.7. The Morgan fingerprint density at radius 1 is 1.30 bits per heavy atom. The molecule has 140 valence electrons. The molecular weight excluding hydrogens is 366 g/mol. The highest BCUT2D eigenvalue weighted by atomic mass is 35.5. The number of likely N-dealkylation sites (N-methyl/N-ethyl adjacent to an activating group) is 1. The lowest BCUT2D eigenvalue weighted by Gasteiger charge is -2.28. The fraction of sp³-hybridized carbons (Fsp3) is 0.300. The van der Waals surface area contributed by atoms with E-state index in [0.29, 0.717) is 18.7 Å². The summed E-state index contributed by atoms with van der Waals surface area (Å²) < 4.78 is 5.82. The molecule has 2 aliphatic heterocycles. The lowest BCUT2D eigenvalue weighted by Crippen LogP contribution is -2.28. The molecule has 2 aromatic rings. The van der Waals surface area contributed by atoms with Crippen molar-refractivity contribution in [2.45, 2.75) is 18.9 Å². The maximum absolute atomic E-state index is 12.0. The fourth-order valence-electron chi connectivity index (χ4n) is 3.44. The van der Waals surface area contributed by atoms with Crippen molar-refractivity contribution in [1.82, 2.24) is 10.3 Å². The van der Waals surface area contributed by atoms with E-state index in [-0.39, 0.29) is 22.5 Å². The maximum atomic E-state index is 12.0. The minimum absolute atomic E-state index is 0.0376. The summed E-state index contributed by atoms with van der Waals surface area (Å²) in [4.78, 5) is 28.6. The number of anilines is 1. The van der Waals surface area contributed by atoms with Gasteiger partial charge in [-0.05, 0) is 36.2 Å². The molecular formula is C20H20ClN3O3. The first-order chi connectivity index (χ1) is 13.0. The van der Waals surface area contributed by atoms with Crippen LogP contribution in [0.25, 0.3) is 5.57 Å². The standard InChI is InChI=1S/C20H20ClN3O3/c1-24-8-9-27-18-10-12(2-6-17(18)24)14(11-13-3-7-19(25)22-13)16-5-4-15(21)20(26)23-16/h2,4-6,10-11,13H,3,7-9H2,1H3,(H,22,25)(H,23,26)/b14-11-/t13-/m1/s1. The number of hydrogen-bond acceptors (Lipinski definition) is 4. The highest BCUT2D eigenvalue weighted by Crippen LogP contribution is 2.35. The molecule has 0 radical (unpaired) electrons. The number of H-pyrrole nitrogens is 1. The summed E-state index contributed by atoms with van der Waals surface area (Å²) in [6, 6.07) is 9.27. The van der Waals surface area contributed by atoms with Crippen LogP contribution < -0.4 is 20.5 Å². The van der Waals surface area contributed by atoms with Crippen LogP contribution in [-0.2, 0) is 4.79 Å². The number of ether oxygens (including phenoxy) is 1. The van der Waals surface area contributed by atoms with E-state index in [1.807, 2.05) is 31.3 Å². The van der Waals surface area contributed by atoms with Gasteiger partial charge in [-0.1, -0.05) is 23.7 Å². The lowest BCUT2D eigenvalue weighted by atomic mass is 9.98. The monoisotopic (exact) mass is 385 g/mol. The summed E-state index contributed by atoms with van der Waals surface area (Å²) in [6.45, 7) is 1.47. The fourth-order valence-corrected chi connectivity index (χ4v) is 3.55. The summed E-state index contributed by atoms with van der Waals surface area (Å²) in [5, 5.41) is 3.09. The summed E-state index contributed by atoms with van der Waals surface area (Å²) in [5.41, 5.74) is 3.07. The molecule has 2 aliphatic rings. The van der Waals surface area contributed by atoms with E-state index in [1.54, 1.807) is 12.1 Å². The van der Waals surface area contributed by atoms with Crippen LogP contribution in [0, 0.1) is 0 Å². The van der Waals surface area contributed by atoms with Gasteiger partial charge in [-0.2, -0.15) is 0 Å². The number of amides is 1. The Kier molecular flexibility index (Phi) is 4.66. The summed E-state index contributed by atoms with van der Waals surface area (Å²) in [6.07, 6.45) is 3.21. The van der Waals surface area contributed by atoms with E-state index in [0.717, 1.165) is 35.5 Å². The topological polar surface area (TPSA) is 74.4 Å². The average Bonchev–Trinajstić information content (AvgIpc) is 3.07. The molecule has 1 aromatic carbocycles. The molecule has 0 aliphatic carbocycles. The number of pyridine rings is 1.